The quantitative estimate of drug-likeness (QED) is 0.550. The molecule has 0 bridgehead atoms. The van der Waals surface area contributed by atoms with Crippen molar-refractivity contribution >= 4 is 28.2 Å². The molecule has 0 radical (unpaired) electrons. The second kappa shape index (κ2) is 3.47. The van der Waals surface area contributed by atoms with Crippen LogP contribution in [0.1, 0.15) is 5.56 Å². The van der Waals surface area contributed by atoms with Gasteiger partial charge in [-0.1, -0.05) is 17.7 Å². The molecule has 0 aliphatic rings. The zero-order valence-corrected chi connectivity index (χ0v) is 8.65. The first-order chi connectivity index (χ1) is 7.11. The van der Waals surface area contributed by atoms with E-state index in [1.165, 1.54) is 6.20 Å². The number of benzene rings is 1. The molecule has 0 aliphatic heterocycles. The van der Waals surface area contributed by atoms with Crippen molar-refractivity contribution in [3.63, 3.8) is 0 Å². The number of nitro groups is 1. The molecule has 0 amide bonds. The molecule has 0 aliphatic carbocycles. The van der Waals surface area contributed by atoms with E-state index in [9.17, 15) is 10.1 Å². The Bertz CT molecular complexity index is 554. The van der Waals surface area contributed by atoms with Gasteiger partial charge in [-0.05, 0) is 19.1 Å². The van der Waals surface area contributed by atoms with Crippen LogP contribution in [0.4, 0.5) is 5.69 Å². The third-order valence-electron chi connectivity index (χ3n) is 2.21. The number of nitrogens with zero attached hydrogens (tertiary/aromatic N) is 2. The fourth-order valence-electron chi connectivity index (χ4n) is 1.53. The van der Waals surface area contributed by atoms with Gasteiger partial charge in [0.15, 0.2) is 0 Å². The van der Waals surface area contributed by atoms with Crippen LogP contribution in [0.3, 0.4) is 0 Å². The van der Waals surface area contributed by atoms with Crippen molar-refractivity contribution in [1.29, 1.82) is 0 Å². The summed E-state index contributed by atoms with van der Waals surface area (Å²) in [6, 6.07) is 4.95. The number of rotatable bonds is 1. The molecule has 0 unspecified atom stereocenters. The largest absolute Gasteiger partial charge is 0.283 e. The molecule has 4 nitrogen and oxygen atoms in total. The van der Waals surface area contributed by atoms with E-state index in [1.54, 1.807) is 25.1 Å². The van der Waals surface area contributed by atoms with Gasteiger partial charge in [-0.2, -0.15) is 0 Å². The Kier molecular flexibility index (Phi) is 2.28. The molecule has 1 aromatic carbocycles. The van der Waals surface area contributed by atoms with E-state index >= 15 is 0 Å². The maximum atomic E-state index is 10.9. The molecule has 0 fully saturated rings. The zero-order valence-electron chi connectivity index (χ0n) is 7.90. The third-order valence-corrected chi connectivity index (χ3v) is 2.53. The summed E-state index contributed by atoms with van der Waals surface area (Å²) in [4.78, 5) is 14.5. The van der Waals surface area contributed by atoms with E-state index in [0.29, 0.717) is 21.5 Å². The molecular formula is C10H7ClN2O2. The Balaban J connectivity index is 2.97. The summed E-state index contributed by atoms with van der Waals surface area (Å²) in [5.41, 5.74) is 1.16. The van der Waals surface area contributed by atoms with Crippen molar-refractivity contribution < 1.29 is 4.92 Å². The molecule has 1 aromatic heterocycles. The van der Waals surface area contributed by atoms with Crippen molar-refractivity contribution in [1.82, 2.24) is 4.98 Å². The number of aryl methyl sites for hydroxylation is 1. The van der Waals surface area contributed by atoms with Crippen molar-refractivity contribution in [2.75, 3.05) is 0 Å². The summed E-state index contributed by atoms with van der Waals surface area (Å²) in [7, 11) is 0. The summed E-state index contributed by atoms with van der Waals surface area (Å²) in [6.07, 6.45) is 1.53. The minimum Gasteiger partial charge on any atom is -0.258 e. The minimum atomic E-state index is -0.425. The van der Waals surface area contributed by atoms with Crippen molar-refractivity contribution in [2.24, 2.45) is 0 Å². The van der Waals surface area contributed by atoms with Crippen molar-refractivity contribution in [3.8, 4) is 0 Å². The van der Waals surface area contributed by atoms with Crippen LogP contribution in [0, 0.1) is 17.0 Å². The van der Waals surface area contributed by atoms with E-state index in [-0.39, 0.29) is 5.69 Å². The van der Waals surface area contributed by atoms with Gasteiger partial charge in [0.1, 0.15) is 0 Å². The van der Waals surface area contributed by atoms with E-state index in [2.05, 4.69) is 4.98 Å². The average Bonchev–Trinajstić information content (AvgIpc) is 2.18. The zero-order chi connectivity index (χ0) is 11.0. The molecule has 2 rings (SSSR count). The maximum absolute atomic E-state index is 10.9. The van der Waals surface area contributed by atoms with Gasteiger partial charge < -0.3 is 0 Å². The molecule has 0 spiro atoms. The van der Waals surface area contributed by atoms with Gasteiger partial charge >= 0.3 is 0 Å². The lowest BCUT2D eigenvalue weighted by Gasteiger charge is -2.03. The highest BCUT2D eigenvalue weighted by Gasteiger charge is 2.18. The van der Waals surface area contributed by atoms with E-state index in [4.69, 9.17) is 11.6 Å². The number of hydrogen-bond donors (Lipinski definition) is 0. The minimum absolute atomic E-state index is 0.0330. The highest BCUT2D eigenvalue weighted by atomic mass is 35.5. The Labute approximate surface area is 90.7 Å². The van der Waals surface area contributed by atoms with Gasteiger partial charge in [-0.3, -0.25) is 15.1 Å². The van der Waals surface area contributed by atoms with Crippen LogP contribution in [0.5, 0.6) is 0 Å². The highest BCUT2D eigenvalue weighted by molar-refractivity contribution is 6.36. The van der Waals surface area contributed by atoms with Gasteiger partial charge in [0.25, 0.3) is 5.69 Å². The number of halogens is 1. The Morgan fingerprint density at radius 1 is 1.40 bits per heavy atom. The van der Waals surface area contributed by atoms with Crippen LogP contribution in [-0.2, 0) is 0 Å². The maximum Gasteiger partial charge on any atom is 0.283 e. The SMILES string of the molecule is Cc1ccc2nccc(Cl)c2c1[N+](=O)[O-]. The summed E-state index contributed by atoms with van der Waals surface area (Å²) in [5.74, 6) is 0. The first-order valence-electron chi connectivity index (χ1n) is 4.29. The predicted molar refractivity (Wildman–Crippen MR) is 58.1 cm³/mol. The smallest absolute Gasteiger partial charge is 0.258 e. The van der Waals surface area contributed by atoms with Gasteiger partial charge in [-0.25, -0.2) is 0 Å². The lowest BCUT2D eigenvalue weighted by atomic mass is 10.1. The van der Waals surface area contributed by atoms with Crippen LogP contribution in [0.25, 0.3) is 10.9 Å². The lowest BCUT2D eigenvalue weighted by Crippen LogP contribution is -1.94. The van der Waals surface area contributed by atoms with Gasteiger partial charge in [0, 0.05) is 11.8 Å². The molecule has 15 heavy (non-hydrogen) atoms. The van der Waals surface area contributed by atoms with Crippen LogP contribution >= 0.6 is 11.6 Å². The Morgan fingerprint density at radius 3 is 2.80 bits per heavy atom. The van der Waals surface area contributed by atoms with Crippen molar-refractivity contribution in [2.45, 2.75) is 6.92 Å². The molecule has 0 atom stereocenters. The normalized spacial score (nSPS) is 10.5. The predicted octanol–water partition coefficient (Wildman–Crippen LogP) is 3.10. The summed E-state index contributed by atoms with van der Waals surface area (Å²) in [5, 5.41) is 11.7. The number of pyridine rings is 1. The second-order valence-corrected chi connectivity index (χ2v) is 3.58. The third kappa shape index (κ3) is 1.53. The molecule has 0 N–H and O–H groups in total. The number of fused-ring (bicyclic) bond motifs is 1. The molecule has 0 saturated carbocycles. The Morgan fingerprint density at radius 2 is 2.13 bits per heavy atom. The van der Waals surface area contributed by atoms with E-state index in [1.807, 2.05) is 0 Å². The summed E-state index contributed by atoms with van der Waals surface area (Å²) in [6.45, 7) is 1.68. The Hall–Kier alpha value is -1.68. The van der Waals surface area contributed by atoms with Gasteiger partial charge in [0.2, 0.25) is 0 Å². The number of aromatic nitrogens is 1. The lowest BCUT2D eigenvalue weighted by molar-refractivity contribution is -0.383. The molecule has 0 saturated heterocycles. The van der Waals surface area contributed by atoms with Crippen LogP contribution in [0.15, 0.2) is 24.4 Å². The summed E-state index contributed by atoms with van der Waals surface area (Å²) < 4.78 is 0. The first kappa shape index (κ1) is 9.86. The molecule has 76 valence electrons. The number of hydrogen-bond acceptors (Lipinski definition) is 3. The van der Waals surface area contributed by atoms with Crippen LogP contribution in [0.2, 0.25) is 5.02 Å². The molecule has 1 heterocycles. The van der Waals surface area contributed by atoms with E-state index in [0.717, 1.165) is 0 Å². The number of nitro benzene ring substituents is 1. The fourth-order valence-corrected chi connectivity index (χ4v) is 1.77. The fraction of sp³-hybridized carbons (Fsp3) is 0.100. The topological polar surface area (TPSA) is 56.0 Å². The summed E-state index contributed by atoms with van der Waals surface area (Å²) >= 11 is 5.93. The van der Waals surface area contributed by atoms with Crippen LogP contribution < -0.4 is 0 Å². The second-order valence-electron chi connectivity index (χ2n) is 3.18. The molecular weight excluding hydrogens is 216 g/mol. The standard InChI is InChI=1S/C10H7ClN2O2/c1-6-2-3-8-9(10(6)13(14)15)7(11)4-5-12-8/h2-5H,1H3. The molecule has 2 aromatic rings. The first-order valence-corrected chi connectivity index (χ1v) is 4.67. The van der Waals surface area contributed by atoms with Gasteiger partial charge in [0.05, 0.1) is 20.8 Å². The van der Waals surface area contributed by atoms with Crippen molar-refractivity contribution in [3.05, 3.63) is 45.1 Å². The van der Waals surface area contributed by atoms with E-state index < -0.39 is 4.92 Å². The molecule has 5 heteroatoms. The average molecular weight is 223 g/mol. The highest BCUT2D eigenvalue weighted by Crippen LogP contribution is 2.33. The monoisotopic (exact) mass is 222 g/mol. The van der Waals surface area contributed by atoms with Crippen LogP contribution in [-0.4, -0.2) is 9.91 Å². The van der Waals surface area contributed by atoms with Gasteiger partial charge in [-0.15, -0.1) is 0 Å².